The van der Waals surface area contributed by atoms with Crippen LogP contribution < -0.4 is 0 Å². The van der Waals surface area contributed by atoms with Gasteiger partial charge in [0.1, 0.15) is 17.2 Å². The molecule has 0 saturated carbocycles. The van der Waals surface area contributed by atoms with Crippen molar-refractivity contribution in [3.05, 3.63) is 59.5 Å². The number of aromatic nitrogens is 1. The summed E-state index contributed by atoms with van der Waals surface area (Å²) in [5, 5.41) is 10.5. The van der Waals surface area contributed by atoms with Crippen molar-refractivity contribution < 1.29 is 13.9 Å². The highest BCUT2D eigenvalue weighted by Gasteiger charge is 2.18. The molecule has 1 N–H and O–H groups in total. The van der Waals surface area contributed by atoms with Gasteiger partial charge in [0, 0.05) is 22.7 Å². The van der Waals surface area contributed by atoms with Gasteiger partial charge in [-0.05, 0) is 25.1 Å². The van der Waals surface area contributed by atoms with Crippen LogP contribution in [0.5, 0.6) is 0 Å². The van der Waals surface area contributed by atoms with Crippen LogP contribution in [0.3, 0.4) is 0 Å². The topological polar surface area (TPSA) is 50.6 Å². The number of pyridine rings is 1. The number of nitrogens with zero attached hydrogens (tertiary/aromatic N) is 2. The molecule has 1 aromatic carbocycles. The van der Waals surface area contributed by atoms with Gasteiger partial charge in [0.2, 0.25) is 0 Å². The molecule has 0 aliphatic rings. The predicted molar refractivity (Wildman–Crippen MR) is 76.3 cm³/mol. The fourth-order valence-corrected chi connectivity index (χ4v) is 2.30. The molecule has 0 amide bonds. The van der Waals surface area contributed by atoms with Gasteiger partial charge in [-0.2, -0.15) is 0 Å². The third kappa shape index (κ3) is 2.26. The van der Waals surface area contributed by atoms with Crippen molar-refractivity contribution in [3.8, 4) is 11.3 Å². The highest BCUT2D eigenvalue weighted by atomic mass is 19.1. The largest absolute Gasteiger partial charge is 0.456 e. The SMILES string of the molecule is [C-]#[N+]c1ccc2oc(-c3cncc(F)c3C(C)O)cc2c1. The van der Waals surface area contributed by atoms with Crippen molar-refractivity contribution in [2.75, 3.05) is 0 Å². The number of halogens is 1. The Morgan fingerprint density at radius 3 is 2.86 bits per heavy atom. The second-order valence-corrected chi connectivity index (χ2v) is 4.70. The average molecular weight is 282 g/mol. The number of furan rings is 1. The monoisotopic (exact) mass is 282 g/mol. The fraction of sp³-hybridized carbons (Fsp3) is 0.125. The molecule has 3 rings (SSSR count). The maximum Gasteiger partial charge on any atom is 0.188 e. The lowest BCUT2D eigenvalue weighted by Gasteiger charge is -2.10. The number of fused-ring (bicyclic) bond motifs is 1. The van der Waals surface area contributed by atoms with Crippen LogP contribution in [0.25, 0.3) is 27.1 Å². The quantitative estimate of drug-likeness (QED) is 0.715. The van der Waals surface area contributed by atoms with E-state index in [4.69, 9.17) is 11.0 Å². The molecule has 2 aromatic heterocycles. The minimum absolute atomic E-state index is 0.148. The van der Waals surface area contributed by atoms with Crippen LogP contribution in [0, 0.1) is 12.4 Å². The summed E-state index contributed by atoms with van der Waals surface area (Å²) in [6.45, 7) is 8.50. The Morgan fingerprint density at radius 1 is 1.33 bits per heavy atom. The van der Waals surface area contributed by atoms with Gasteiger partial charge in [0.05, 0.1) is 18.9 Å². The van der Waals surface area contributed by atoms with Gasteiger partial charge in [-0.1, -0.05) is 6.07 Å². The van der Waals surface area contributed by atoms with E-state index in [1.54, 1.807) is 24.3 Å². The second kappa shape index (κ2) is 5.00. The van der Waals surface area contributed by atoms with Crippen LogP contribution in [0.1, 0.15) is 18.6 Å². The van der Waals surface area contributed by atoms with Crippen molar-refractivity contribution in [2.45, 2.75) is 13.0 Å². The molecular formula is C16H11FN2O2. The predicted octanol–water partition coefficient (Wildman–Crippen LogP) is 4.24. The minimum Gasteiger partial charge on any atom is -0.456 e. The summed E-state index contributed by atoms with van der Waals surface area (Å²) in [5.74, 6) is -0.167. The molecule has 0 saturated heterocycles. The van der Waals surface area contributed by atoms with Gasteiger partial charge in [0.25, 0.3) is 0 Å². The first-order valence-electron chi connectivity index (χ1n) is 6.33. The van der Waals surface area contributed by atoms with Crippen molar-refractivity contribution >= 4 is 16.7 Å². The smallest absolute Gasteiger partial charge is 0.188 e. The van der Waals surface area contributed by atoms with Crippen LogP contribution in [0.15, 0.2) is 41.1 Å². The molecule has 0 bridgehead atoms. The molecule has 0 radical (unpaired) electrons. The van der Waals surface area contributed by atoms with Crippen molar-refractivity contribution in [1.82, 2.24) is 4.98 Å². The molecule has 0 aliphatic carbocycles. The Hall–Kier alpha value is -2.71. The standard InChI is InChI=1S/C16H11FN2O2/c1-9(20)16-12(7-19-8-13(16)17)15-6-10-5-11(18-2)3-4-14(10)21-15/h3-9,20H,1H3. The number of aliphatic hydroxyl groups excluding tert-OH is 1. The van der Waals surface area contributed by atoms with Crippen molar-refractivity contribution in [2.24, 2.45) is 0 Å². The Balaban J connectivity index is 2.22. The Labute approximate surface area is 120 Å². The molecule has 4 nitrogen and oxygen atoms in total. The highest BCUT2D eigenvalue weighted by Crippen LogP contribution is 2.34. The van der Waals surface area contributed by atoms with E-state index >= 15 is 0 Å². The second-order valence-electron chi connectivity index (χ2n) is 4.70. The lowest BCUT2D eigenvalue weighted by molar-refractivity contribution is 0.194. The van der Waals surface area contributed by atoms with Crippen LogP contribution in [-0.4, -0.2) is 10.1 Å². The fourth-order valence-electron chi connectivity index (χ4n) is 2.30. The van der Waals surface area contributed by atoms with Gasteiger partial charge in [-0.3, -0.25) is 4.98 Å². The summed E-state index contributed by atoms with van der Waals surface area (Å²) in [4.78, 5) is 7.17. The maximum atomic E-state index is 13.9. The lowest BCUT2D eigenvalue weighted by Crippen LogP contribution is -2.00. The highest BCUT2D eigenvalue weighted by molar-refractivity contribution is 5.86. The van der Waals surface area contributed by atoms with Crippen molar-refractivity contribution in [1.29, 1.82) is 0 Å². The van der Waals surface area contributed by atoms with Gasteiger partial charge in [0.15, 0.2) is 5.69 Å². The third-order valence-electron chi connectivity index (χ3n) is 3.25. The van der Waals surface area contributed by atoms with Crippen LogP contribution in [0.2, 0.25) is 0 Å². The first-order chi connectivity index (χ1) is 10.1. The summed E-state index contributed by atoms with van der Waals surface area (Å²) < 4.78 is 19.5. The molecule has 0 fully saturated rings. The number of hydrogen-bond donors (Lipinski definition) is 1. The molecule has 104 valence electrons. The minimum atomic E-state index is -0.977. The molecule has 1 unspecified atom stereocenters. The molecule has 0 spiro atoms. The molecule has 3 aromatic rings. The van der Waals surface area contributed by atoms with E-state index in [1.807, 2.05) is 0 Å². The molecule has 5 heteroatoms. The van der Waals surface area contributed by atoms with Crippen LogP contribution >= 0.6 is 0 Å². The average Bonchev–Trinajstić information content (AvgIpc) is 2.89. The lowest BCUT2D eigenvalue weighted by atomic mass is 10.0. The van der Waals surface area contributed by atoms with E-state index in [1.165, 1.54) is 13.1 Å². The third-order valence-corrected chi connectivity index (χ3v) is 3.25. The van der Waals surface area contributed by atoms with Gasteiger partial charge in [-0.15, -0.1) is 0 Å². The zero-order chi connectivity index (χ0) is 15.0. The molecule has 1 atom stereocenters. The van der Waals surface area contributed by atoms with Gasteiger partial charge in [-0.25, -0.2) is 9.24 Å². The Morgan fingerprint density at radius 2 is 2.14 bits per heavy atom. The van der Waals surface area contributed by atoms with E-state index in [0.29, 0.717) is 22.6 Å². The number of rotatable bonds is 2. The van der Waals surface area contributed by atoms with E-state index < -0.39 is 11.9 Å². The molecule has 0 aliphatic heterocycles. The van der Waals surface area contributed by atoms with Crippen LogP contribution in [-0.2, 0) is 0 Å². The number of aliphatic hydroxyl groups is 1. The van der Waals surface area contributed by atoms with E-state index in [2.05, 4.69) is 9.83 Å². The summed E-state index contributed by atoms with van der Waals surface area (Å²) in [6.07, 6.45) is 1.54. The summed E-state index contributed by atoms with van der Waals surface area (Å²) in [5.41, 5.74) is 1.65. The Kier molecular flexibility index (Phi) is 3.16. The first-order valence-corrected chi connectivity index (χ1v) is 6.33. The summed E-state index contributed by atoms with van der Waals surface area (Å²) >= 11 is 0. The number of benzene rings is 1. The molecular weight excluding hydrogens is 271 g/mol. The van der Waals surface area contributed by atoms with Crippen molar-refractivity contribution in [3.63, 3.8) is 0 Å². The van der Waals surface area contributed by atoms with E-state index in [9.17, 15) is 9.50 Å². The first kappa shape index (κ1) is 13.3. The van der Waals surface area contributed by atoms with Crippen LogP contribution in [0.4, 0.5) is 10.1 Å². The van der Waals surface area contributed by atoms with E-state index in [0.717, 1.165) is 11.6 Å². The number of hydrogen-bond acceptors (Lipinski definition) is 3. The zero-order valence-electron chi connectivity index (χ0n) is 11.2. The Bertz CT molecular complexity index is 862. The van der Waals surface area contributed by atoms with Gasteiger partial charge >= 0.3 is 0 Å². The summed E-state index contributed by atoms with van der Waals surface area (Å²) in [7, 11) is 0. The van der Waals surface area contributed by atoms with Gasteiger partial charge < -0.3 is 9.52 Å². The van der Waals surface area contributed by atoms with E-state index in [-0.39, 0.29) is 5.56 Å². The zero-order valence-corrected chi connectivity index (χ0v) is 11.2. The summed E-state index contributed by atoms with van der Waals surface area (Å²) in [6, 6.07) is 6.76. The molecule has 2 heterocycles. The normalized spacial score (nSPS) is 12.3. The maximum absolute atomic E-state index is 13.9. The molecule has 21 heavy (non-hydrogen) atoms.